The van der Waals surface area contributed by atoms with Crippen molar-refractivity contribution in [2.24, 2.45) is 5.41 Å². The summed E-state index contributed by atoms with van der Waals surface area (Å²) >= 11 is 1.89. The molecule has 1 N–H and O–H groups in total. The molecule has 0 bridgehead atoms. The maximum absolute atomic E-state index is 12.5. The lowest BCUT2D eigenvalue weighted by atomic mass is 9.82. The summed E-state index contributed by atoms with van der Waals surface area (Å²) in [5.41, 5.74) is -0.787. The predicted molar refractivity (Wildman–Crippen MR) is 76.2 cm³/mol. The van der Waals surface area contributed by atoms with Gasteiger partial charge in [0.05, 0.1) is 5.41 Å². The first-order valence-electron chi connectivity index (χ1n) is 7.11. The molecule has 0 aromatic carbocycles. The minimum atomic E-state index is -0.787. The smallest absolute Gasteiger partial charge is 0.310 e. The van der Waals surface area contributed by atoms with Crippen LogP contribution in [0.25, 0.3) is 0 Å². The number of nitrogens with zero attached hydrogens (tertiary/aromatic N) is 1. The standard InChI is InChI=1S/C14H23NO3S/c1-10-11(2)19-8-7-15(10)12(16)9-14(13(17)18)5-3-4-6-14/h10-11H,3-9H2,1-2H3,(H,17,18). The molecule has 1 saturated carbocycles. The fourth-order valence-corrected chi connectivity index (χ4v) is 4.29. The minimum Gasteiger partial charge on any atom is -0.481 e. The molecular weight excluding hydrogens is 262 g/mol. The number of carbonyl (C=O) groups is 2. The van der Waals surface area contributed by atoms with Crippen molar-refractivity contribution in [2.75, 3.05) is 12.3 Å². The average Bonchev–Trinajstić information content (AvgIpc) is 2.82. The molecular formula is C14H23NO3S. The van der Waals surface area contributed by atoms with Crippen LogP contribution >= 0.6 is 11.8 Å². The normalized spacial score (nSPS) is 30.3. The van der Waals surface area contributed by atoms with Crippen molar-refractivity contribution in [3.05, 3.63) is 0 Å². The number of hydrogen-bond donors (Lipinski definition) is 1. The van der Waals surface area contributed by atoms with E-state index in [1.807, 2.05) is 16.7 Å². The lowest BCUT2D eigenvalue weighted by Gasteiger charge is -2.39. The van der Waals surface area contributed by atoms with Gasteiger partial charge in [0.25, 0.3) is 0 Å². The summed E-state index contributed by atoms with van der Waals surface area (Å²) in [6, 6.07) is 0.207. The van der Waals surface area contributed by atoms with Gasteiger partial charge in [-0.05, 0) is 19.8 Å². The van der Waals surface area contributed by atoms with Crippen molar-refractivity contribution in [3.63, 3.8) is 0 Å². The van der Waals surface area contributed by atoms with Crippen LogP contribution in [-0.4, -0.2) is 45.5 Å². The maximum Gasteiger partial charge on any atom is 0.310 e. The Labute approximate surface area is 118 Å². The van der Waals surface area contributed by atoms with Crippen molar-refractivity contribution in [1.82, 2.24) is 4.90 Å². The molecule has 1 aliphatic heterocycles. The van der Waals surface area contributed by atoms with Gasteiger partial charge in [0, 0.05) is 30.0 Å². The second-order valence-corrected chi connectivity index (χ2v) is 7.36. The second-order valence-electron chi connectivity index (χ2n) is 5.87. The number of carboxylic acids is 1. The van der Waals surface area contributed by atoms with Gasteiger partial charge in [-0.15, -0.1) is 0 Å². The molecule has 1 amide bonds. The number of aliphatic carboxylic acids is 1. The quantitative estimate of drug-likeness (QED) is 0.865. The van der Waals surface area contributed by atoms with Gasteiger partial charge in [0.2, 0.25) is 5.91 Å². The SMILES string of the molecule is CC1SCCN(C(=O)CC2(C(=O)O)CCCC2)C1C. The van der Waals surface area contributed by atoms with E-state index in [1.54, 1.807) is 0 Å². The first-order valence-corrected chi connectivity index (χ1v) is 8.16. The molecule has 0 aromatic rings. The van der Waals surface area contributed by atoms with Gasteiger partial charge in [-0.3, -0.25) is 9.59 Å². The highest BCUT2D eigenvalue weighted by Crippen LogP contribution is 2.42. The number of carboxylic acid groups (broad SMARTS) is 1. The summed E-state index contributed by atoms with van der Waals surface area (Å²) in [4.78, 5) is 25.9. The molecule has 2 unspecified atom stereocenters. The highest BCUT2D eigenvalue weighted by Gasteiger charge is 2.44. The highest BCUT2D eigenvalue weighted by atomic mass is 32.2. The van der Waals surface area contributed by atoms with Crippen molar-refractivity contribution < 1.29 is 14.7 Å². The zero-order valence-corrected chi connectivity index (χ0v) is 12.5. The van der Waals surface area contributed by atoms with E-state index in [-0.39, 0.29) is 18.4 Å². The topological polar surface area (TPSA) is 57.6 Å². The monoisotopic (exact) mass is 285 g/mol. The van der Waals surface area contributed by atoms with E-state index < -0.39 is 11.4 Å². The summed E-state index contributed by atoms with van der Waals surface area (Å²) in [5.74, 6) is 0.200. The number of hydrogen-bond acceptors (Lipinski definition) is 3. The summed E-state index contributed by atoms with van der Waals surface area (Å²) in [7, 11) is 0. The van der Waals surface area contributed by atoms with Crippen LogP contribution in [0.2, 0.25) is 0 Å². The summed E-state index contributed by atoms with van der Waals surface area (Å²) in [6.07, 6.45) is 3.36. The summed E-state index contributed by atoms with van der Waals surface area (Å²) in [6.45, 7) is 4.96. The molecule has 0 aromatic heterocycles. The molecule has 2 atom stereocenters. The van der Waals surface area contributed by atoms with Crippen LogP contribution in [0.3, 0.4) is 0 Å². The first kappa shape index (κ1) is 14.7. The Bertz CT molecular complexity index is 366. The van der Waals surface area contributed by atoms with Gasteiger partial charge in [-0.2, -0.15) is 11.8 Å². The van der Waals surface area contributed by atoms with Crippen LogP contribution in [0.5, 0.6) is 0 Å². The highest BCUT2D eigenvalue weighted by molar-refractivity contribution is 8.00. The van der Waals surface area contributed by atoms with Crippen LogP contribution in [0.1, 0.15) is 46.0 Å². The lowest BCUT2D eigenvalue weighted by Crippen LogP contribution is -2.49. The molecule has 19 heavy (non-hydrogen) atoms. The Hall–Kier alpha value is -0.710. The molecule has 1 saturated heterocycles. The van der Waals surface area contributed by atoms with Crippen LogP contribution in [0, 0.1) is 5.41 Å². The van der Waals surface area contributed by atoms with Gasteiger partial charge < -0.3 is 10.0 Å². The third-order valence-corrected chi connectivity index (χ3v) is 6.05. The van der Waals surface area contributed by atoms with E-state index in [0.717, 1.165) is 25.1 Å². The van der Waals surface area contributed by atoms with Crippen LogP contribution < -0.4 is 0 Å². The van der Waals surface area contributed by atoms with E-state index in [0.29, 0.717) is 18.1 Å². The van der Waals surface area contributed by atoms with Crippen LogP contribution in [-0.2, 0) is 9.59 Å². The third-order valence-electron chi connectivity index (χ3n) is 4.71. The van der Waals surface area contributed by atoms with Gasteiger partial charge in [-0.1, -0.05) is 19.8 Å². The Balaban J connectivity index is 2.05. The molecule has 1 aliphatic carbocycles. The number of carbonyl (C=O) groups excluding carboxylic acids is 1. The number of amides is 1. The van der Waals surface area contributed by atoms with Crippen molar-refractivity contribution in [1.29, 1.82) is 0 Å². The fourth-order valence-electron chi connectivity index (χ4n) is 3.19. The van der Waals surface area contributed by atoms with Gasteiger partial charge in [0.1, 0.15) is 0 Å². The third kappa shape index (κ3) is 2.91. The second kappa shape index (κ2) is 5.73. The lowest BCUT2D eigenvalue weighted by molar-refractivity contribution is -0.154. The van der Waals surface area contributed by atoms with E-state index >= 15 is 0 Å². The first-order chi connectivity index (χ1) is 8.96. The van der Waals surface area contributed by atoms with Crippen molar-refractivity contribution >= 4 is 23.6 Å². The maximum atomic E-state index is 12.5. The Morgan fingerprint density at radius 2 is 1.95 bits per heavy atom. The molecule has 2 fully saturated rings. The summed E-state index contributed by atoms with van der Waals surface area (Å²) in [5, 5.41) is 9.89. The summed E-state index contributed by atoms with van der Waals surface area (Å²) < 4.78 is 0. The Morgan fingerprint density at radius 3 is 2.53 bits per heavy atom. The van der Waals surface area contributed by atoms with E-state index in [2.05, 4.69) is 13.8 Å². The molecule has 2 rings (SSSR count). The van der Waals surface area contributed by atoms with Crippen LogP contribution in [0.4, 0.5) is 0 Å². The molecule has 2 aliphatic rings. The largest absolute Gasteiger partial charge is 0.481 e. The average molecular weight is 285 g/mol. The van der Waals surface area contributed by atoms with E-state index in [1.165, 1.54) is 0 Å². The number of thioether (sulfide) groups is 1. The molecule has 0 spiro atoms. The van der Waals surface area contributed by atoms with Gasteiger partial charge in [-0.25, -0.2) is 0 Å². The molecule has 1 heterocycles. The van der Waals surface area contributed by atoms with Crippen LogP contribution in [0.15, 0.2) is 0 Å². The molecule has 0 radical (unpaired) electrons. The van der Waals surface area contributed by atoms with E-state index in [4.69, 9.17) is 0 Å². The van der Waals surface area contributed by atoms with Crippen molar-refractivity contribution in [2.45, 2.75) is 57.2 Å². The predicted octanol–water partition coefficient (Wildman–Crippen LogP) is 2.37. The van der Waals surface area contributed by atoms with E-state index in [9.17, 15) is 14.7 Å². The molecule has 5 heteroatoms. The molecule has 108 valence electrons. The number of rotatable bonds is 3. The van der Waals surface area contributed by atoms with Gasteiger partial charge in [0.15, 0.2) is 0 Å². The van der Waals surface area contributed by atoms with Gasteiger partial charge >= 0.3 is 5.97 Å². The Morgan fingerprint density at radius 1 is 1.32 bits per heavy atom. The van der Waals surface area contributed by atoms with Crippen molar-refractivity contribution in [3.8, 4) is 0 Å². The zero-order valence-electron chi connectivity index (χ0n) is 11.7. The minimum absolute atomic E-state index is 0.0314. The fraction of sp³-hybridized carbons (Fsp3) is 0.857. The Kier molecular flexibility index (Phi) is 4.43. The zero-order chi connectivity index (χ0) is 14.0. The molecule has 4 nitrogen and oxygen atoms in total.